The Morgan fingerprint density at radius 3 is 2.38 bits per heavy atom. The van der Waals surface area contributed by atoms with Crippen molar-refractivity contribution >= 4 is 15.7 Å². The van der Waals surface area contributed by atoms with Gasteiger partial charge in [0.25, 0.3) is 0 Å². The van der Waals surface area contributed by atoms with Crippen LogP contribution in [0.1, 0.15) is 38.3 Å². The number of alkyl halides is 3. The third-order valence-corrected chi connectivity index (χ3v) is 7.61. The Morgan fingerprint density at radius 2 is 1.85 bits per heavy atom. The minimum atomic E-state index is -4.90. The average Bonchev–Trinajstić information content (AvgIpc) is 2.48. The number of carbonyl (C=O) groups excluding carboxylic acids is 1. The molecule has 0 spiro atoms. The van der Waals surface area contributed by atoms with E-state index in [0.29, 0.717) is 6.42 Å². The van der Waals surface area contributed by atoms with Crippen molar-refractivity contribution in [3.63, 3.8) is 0 Å². The number of nitrogens with zero attached hydrogens (tertiary/aromatic N) is 1. The van der Waals surface area contributed by atoms with Crippen molar-refractivity contribution in [1.82, 2.24) is 4.90 Å². The number of hydrogen-bond acceptors (Lipinski definition) is 3. The molecule has 2 atom stereocenters. The fourth-order valence-corrected chi connectivity index (χ4v) is 5.17. The number of rotatable bonds is 1. The lowest BCUT2D eigenvalue weighted by molar-refractivity contribution is -0.195. The van der Waals surface area contributed by atoms with Crippen molar-refractivity contribution in [2.45, 2.75) is 56.1 Å². The van der Waals surface area contributed by atoms with Crippen LogP contribution in [0.25, 0.3) is 0 Å². The predicted octanol–water partition coefficient (Wildman–Crippen LogP) is 3.09. The highest BCUT2D eigenvalue weighted by atomic mass is 32.2. The molecule has 4 nitrogen and oxygen atoms in total. The predicted molar refractivity (Wildman–Crippen MR) is 90.6 cm³/mol. The van der Waals surface area contributed by atoms with E-state index in [4.69, 9.17) is 0 Å². The summed E-state index contributed by atoms with van der Waals surface area (Å²) in [5, 5.41) is 0. The summed E-state index contributed by atoms with van der Waals surface area (Å²) in [6, 6.07) is 4.23. The molecular weight excluding hydrogens is 367 g/mol. The van der Waals surface area contributed by atoms with E-state index in [1.54, 1.807) is 12.1 Å². The Hall–Kier alpha value is -1.57. The Morgan fingerprint density at radius 1 is 1.23 bits per heavy atom. The maximum atomic E-state index is 13.0. The summed E-state index contributed by atoms with van der Waals surface area (Å²) < 4.78 is 62.9. The van der Waals surface area contributed by atoms with Gasteiger partial charge in [0, 0.05) is 24.3 Å². The van der Waals surface area contributed by atoms with Crippen LogP contribution in [0.15, 0.2) is 23.1 Å². The monoisotopic (exact) mass is 389 g/mol. The first kappa shape index (κ1) is 19.2. The van der Waals surface area contributed by atoms with Gasteiger partial charge in [-0.25, -0.2) is 8.42 Å². The minimum Gasteiger partial charge on any atom is -0.331 e. The smallest absolute Gasteiger partial charge is 0.331 e. The summed E-state index contributed by atoms with van der Waals surface area (Å²) >= 11 is 0. The molecular formula is C18H22F3NO3S. The normalized spacial score (nSPS) is 27.8. The quantitative estimate of drug-likeness (QED) is 0.742. The van der Waals surface area contributed by atoms with E-state index in [1.807, 2.05) is 20.8 Å². The summed E-state index contributed by atoms with van der Waals surface area (Å²) in [4.78, 5) is 13.1. The number of amides is 1. The average molecular weight is 389 g/mol. The molecule has 1 aliphatic heterocycles. The first-order valence-corrected chi connectivity index (χ1v) is 10.3. The van der Waals surface area contributed by atoms with Gasteiger partial charge in [0.05, 0.1) is 4.90 Å². The number of benzene rings is 1. The highest BCUT2D eigenvalue weighted by molar-refractivity contribution is 7.90. The Balaban J connectivity index is 2.14. The van der Waals surface area contributed by atoms with E-state index in [0.717, 1.165) is 22.3 Å². The molecule has 1 aromatic rings. The molecule has 1 aliphatic carbocycles. The van der Waals surface area contributed by atoms with Gasteiger partial charge in [0.2, 0.25) is 0 Å². The second-order valence-electron chi connectivity index (χ2n) is 8.11. The molecule has 2 bridgehead atoms. The van der Waals surface area contributed by atoms with Crippen LogP contribution in [-0.4, -0.2) is 44.2 Å². The SMILES string of the molecule is CC12CCN(C(=O)C(F)(F)F)C(Cc3ccc(S(C)(=O)=O)cc31)C2(C)C. The first-order chi connectivity index (χ1) is 11.7. The van der Waals surface area contributed by atoms with Crippen molar-refractivity contribution in [2.75, 3.05) is 12.8 Å². The number of likely N-dealkylation sites (tertiary alicyclic amines) is 1. The summed E-state index contributed by atoms with van der Waals surface area (Å²) in [5.41, 5.74) is 0.522. The number of fused-ring (bicyclic) bond motifs is 4. The molecule has 26 heavy (non-hydrogen) atoms. The fourth-order valence-electron chi connectivity index (χ4n) is 4.52. The van der Waals surface area contributed by atoms with Crippen LogP contribution in [0.4, 0.5) is 13.2 Å². The molecule has 0 saturated carbocycles. The number of sulfone groups is 1. The van der Waals surface area contributed by atoms with Crippen molar-refractivity contribution in [3.8, 4) is 0 Å². The maximum Gasteiger partial charge on any atom is 0.471 e. The van der Waals surface area contributed by atoms with Gasteiger partial charge in [0.1, 0.15) is 0 Å². The summed E-state index contributed by atoms with van der Waals surface area (Å²) in [5.74, 6) is -1.80. The molecule has 3 rings (SSSR count). The van der Waals surface area contributed by atoms with Crippen molar-refractivity contribution in [3.05, 3.63) is 29.3 Å². The van der Waals surface area contributed by atoms with Gasteiger partial charge in [-0.15, -0.1) is 0 Å². The molecule has 1 fully saturated rings. The molecule has 1 amide bonds. The van der Waals surface area contributed by atoms with E-state index in [9.17, 15) is 26.4 Å². The fraction of sp³-hybridized carbons (Fsp3) is 0.611. The van der Waals surface area contributed by atoms with E-state index in [1.165, 1.54) is 6.07 Å². The highest BCUT2D eigenvalue weighted by Crippen LogP contribution is 2.56. The van der Waals surface area contributed by atoms with Crippen LogP contribution in [0, 0.1) is 5.41 Å². The third kappa shape index (κ3) is 2.64. The third-order valence-electron chi connectivity index (χ3n) is 6.50. The van der Waals surface area contributed by atoms with Gasteiger partial charge in [-0.3, -0.25) is 4.79 Å². The van der Waals surface area contributed by atoms with E-state index in [2.05, 4.69) is 0 Å². The van der Waals surface area contributed by atoms with Crippen molar-refractivity contribution in [1.29, 1.82) is 0 Å². The van der Waals surface area contributed by atoms with Gasteiger partial charge in [-0.05, 0) is 41.5 Å². The van der Waals surface area contributed by atoms with Crippen LogP contribution in [0.5, 0.6) is 0 Å². The zero-order valence-electron chi connectivity index (χ0n) is 15.1. The lowest BCUT2D eigenvalue weighted by Gasteiger charge is -2.60. The van der Waals surface area contributed by atoms with Gasteiger partial charge in [0.15, 0.2) is 9.84 Å². The lowest BCUT2D eigenvalue weighted by atomic mass is 9.51. The van der Waals surface area contributed by atoms with Gasteiger partial charge in [-0.2, -0.15) is 13.2 Å². The van der Waals surface area contributed by atoms with Crippen LogP contribution in [0.2, 0.25) is 0 Å². The molecule has 2 aliphatic rings. The molecule has 2 unspecified atom stereocenters. The molecule has 0 N–H and O–H groups in total. The molecule has 1 aromatic carbocycles. The molecule has 8 heteroatoms. The van der Waals surface area contributed by atoms with Gasteiger partial charge < -0.3 is 4.90 Å². The second kappa shape index (κ2) is 5.47. The molecule has 0 aromatic heterocycles. The Labute approximate surface area is 151 Å². The molecule has 0 radical (unpaired) electrons. The molecule has 1 saturated heterocycles. The molecule has 144 valence electrons. The van der Waals surface area contributed by atoms with Crippen LogP contribution in [-0.2, 0) is 26.5 Å². The maximum absolute atomic E-state index is 13.0. The van der Waals surface area contributed by atoms with E-state index in [-0.39, 0.29) is 17.9 Å². The number of hydrogen-bond donors (Lipinski definition) is 0. The van der Waals surface area contributed by atoms with Crippen LogP contribution in [0.3, 0.4) is 0 Å². The second-order valence-corrected chi connectivity index (χ2v) is 10.1. The summed E-state index contributed by atoms with van der Waals surface area (Å²) in [6.45, 7) is 5.69. The summed E-state index contributed by atoms with van der Waals surface area (Å²) in [6.07, 6.45) is -3.13. The van der Waals surface area contributed by atoms with Crippen LogP contribution < -0.4 is 0 Å². The van der Waals surface area contributed by atoms with Crippen LogP contribution >= 0.6 is 0 Å². The first-order valence-electron chi connectivity index (χ1n) is 8.41. The number of carbonyl (C=O) groups is 1. The van der Waals surface area contributed by atoms with E-state index < -0.39 is 38.8 Å². The van der Waals surface area contributed by atoms with E-state index >= 15 is 0 Å². The van der Waals surface area contributed by atoms with Crippen molar-refractivity contribution < 1.29 is 26.4 Å². The van der Waals surface area contributed by atoms with Gasteiger partial charge >= 0.3 is 12.1 Å². The Kier molecular flexibility index (Phi) is 4.04. The lowest BCUT2D eigenvalue weighted by Crippen LogP contribution is -2.66. The topological polar surface area (TPSA) is 54.5 Å². The Bertz CT molecular complexity index is 876. The van der Waals surface area contributed by atoms with Gasteiger partial charge in [-0.1, -0.05) is 26.8 Å². The minimum absolute atomic E-state index is 0.00544. The number of piperidine rings is 1. The number of halogens is 3. The standard InChI is InChI=1S/C18H22F3NO3S/c1-16(2)14-9-11-5-6-12(26(4,24)25)10-13(11)17(16,3)7-8-22(14)15(23)18(19,20)21/h5-6,10,14H,7-9H2,1-4H3. The zero-order valence-corrected chi connectivity index (χ0v) is 16.0. The molecule has 1 heterocycles. The van der Waals surface area contributed by atoms with Crippen molar-refractivity contribution in [2.24, 2.45) is 5.41 Å². The largest absolute Gasteiger partial charge is 0.471 e. The summed E-state index contributed by atoms with van der Waals surface area (Å²) in [7, 11) is -3.38. The zero-order chi connectivity index (χ0) is 19.7. The highest BCUT2D eigenvalue weighted by Gasteiger charge is 2.59.